The van der Waals surface area contributed by atoms with Crippen LogP contribution in [0.3, 0.4) is 0 Å². The fourth-order valence-corrected chi connectivity index (χ4v) is 6.93. The number of rotatable bonds is 4. The van der Waals surface area contributed by atoms with E-state index in [2.05, 4.69) is 0 Å². The number of nitro benzene ring substituents is 2. The van der Waals surface area contributed by atoms with Crippen LogP contribution in [0.2, 0.25) is 0 Å². The quantitative estimate of drug-likeness (QED) is 0.137. The molecule has 0 saturated carbocycles. The fraction of sp³-hybridized carbons (Fsp3) is 0.278. The van der Waals surface area contributed by atoms with Gasteiger partial charge in [-0.1, -0.05) is 64.1 Å². The number of nitro groups is 2. The lowest BCUT2D eigenvalue weighted by Crippen LogP contribution is -2.32. The molecule has 0 unspecified atom stereocenters. The van der Waals surface area contributed by atoms with Gasteiger partial charge in [0.1, 0.15) is 33.7 Å². The minimum absolute atomic E-state index is 0.0319. The molecule has 0 radical (unpaired) electrons. The zero-order valence-corrected chi connectivity index (χ0v) is 26.8. The second kappa shape index (κ2) is 11.5. The lowest BCUT2D eigenvalue weighted by Gasteiger charge is -2.19. The monoisotopic (exact) mass is 648 g/mol. The highest BCUT2D eigenvalue weighted by molar-refractivity contribution is 6.13. The Bertz CT molecular complexity index is 2330. The van der Waals surface area contributed by atoms with Gasteiger partial charge in [-0.25, -0.2) is 0 Å². The molecule has 0 saturated heterocycles. The average molecular weight is 649 g/mol. The van der Waals surface area contributed by atoms with Gasteiger partial charge in [0.2, 0.25) is 11.8 Å². The second-order valence-electron chi connectivity index (χ2n) is 12.7. The first-order valence-corrected chi connectivity index (χ1v) is 15.8. The van der Waals surface area contributed by atoms with Gasteiger partial charge in [0.15, 0.2) is 0 Å². The summed E-state index contributed by atoms with van der Waals surface area (Å²) in [6, 6.07) is 18.0. The Morgan fingerprint density at radius 3 is 1.75 bits per heavy atom. The molecule has 0 aliphatic carbocycles. The maximum Gasteiger partial charge on any atom is 0.297 e. The Kier molecular flexibility index (Phi) is 7.38. The highest BCUT2D eigenvalue weighted by Gasteiger charge is 2.37. The molecule has 4 aromatic carbocycles. The first-order valence-electron chi connectivity index (χ1n) is 15.8. The fourth-order valence-electron chi connectivity index (χ4n) is 6.93. The zero-order chi connectivity index (χ0) is 34.0. The van der Waals surface area contributed by atoms with Gasteiger partial charge in [0, 0.05) is 58.1 Å². The van der Waals surface area contributed by atoms with Crippen LogP contribution in [-0.2, 0) is 22.4 Å². The van der Waals surface area contributed by atoms with E-state index < -0.39 is 9.85 Å². The summed E-state index contributed by atoms with van der Waals surface area (Å²) in [4.78, 5) is 50.4. The molecule has 0 fully saturated rings. The first kappa shape index (κ1) is 30.9. The van der Waals surface area contributed by atoms with Crippen LogP contribution in [0.15, 0.2) is 69.5 Å². The van der Waals surface area contributed by atoms with Crippen molar-refractivity contribution < 1.29 is 28.3 Å². The van der Waals surface area contributed by atoms with Crippen LogP contribution in [0.25, 0.3) is 43.9 Å². The van der Waals surface area contributed by atoms with Crippen LogP contribution in [0.4, 0.5) is 22.7 Å². The molecule has 8 rings (SSSR count). The molecule has 48 heavy (non-hydrogen) atoms. The molecule has 0 spiro atoms. The number of fused-ring (bicyclic) bond motifs is 10. The highest BCUT2D eigenvalue weighted by Crippen LogP contribution is 2.47. The van der Waals surface area contributed by atoms with Crippen molar-refractivity contribution in [3.63, 3.8) is 0 Å². The number of hydrogen-bond acceptors (Lipinski definition) is 8. The Hall–Kier alpha value is -5.78. The number of amides is 2. The topological polar surface area (TPSA) is 153 Å². The van der Waals surface area contributed by atoms with Crippen LogP contribution in [-0.4, -0.2) is 34.8 Å². The Balaban J connectivity index is 0.000000152. The van der Waals surface area contributed by atoms with Crippen LogP contribution >= 0.6 is 0 Å². The lowest BCUT2D eigenvalue weighted by atomic mass is 10.0. The molecule has 0 bridgehead atoms. The molecule has 4 heterocycles. The van der Waals surface area contributed by atoms with E-state index in [4.69, 9.17) is 8.83 Å². The van der Waals surface area contributed by atoms with Crippen molar-refractivity contribution in [2.45, 2.75) is 40.5 Å². The smallest absolute Gasteiger partial charge is 0.297 e. The third kappa shape index (κ3) is 4.74. The van der Waals surface area contributed by atoms with Crippen molar-refractivity contribution in [3.05, 3.63) is 92.0 Å². The van der Waals surface area contributed by atoms with Gasteiger partial charge in [-0.2, -0.15) is 0 Å². The van der Waals surface area contributed by atoms with Crippen molar-refractivity contribution in [2.24, 2.45) is 11.8 Å². The van der Waals surface area contributed by atoms with Crippen molar-refractivity contribution in [3.8, 4) is 0 Å². The predicted octanol–water partition coefficient (Wildman–Crippen LogP) is 8.08. The number of furan rings is 2. The SMILES string of the molecule is CC(C)C(=O)N1CCc2c1c([N+](=O)[O-])cc1c2oc2ccccc21.CC(C)C(=O)N1CCc2c1c([N+](=O)[O-])cc1oc3ccccc3c21. The van der Waals surface area contributed by atoms with E-state index in [9.17, 15) is 29.8 Å². The minimum atomic E-state index is -0.433. The van der Waals surface area contributed by atoms with Gasteiger partial charge >= 0.3 is 0 Å². The number of carbonyl (C=O) groups is 2. The summed E-state index contributed by atoms with van der Waals surface area (Å²) in [5.41, 5.74) is 4.85. The molecule has 0 atom stereocenters. The van der Waals surface area contributed by atoms with Crippen LogP contribution in [0, 0.1) is 32.1 Å². The van der Waals surface area contributed by atoms with Crippen molar-refractivity contribution in [1.82, 2.24) is 0 Å². The third-order valence-electron chi connectivity index (χ3n) is 9.06. The van der Waals surface area contributed by atoms with Crippen molar-refractivity contribution >= 4 is 78.4 Å². The number of benzene rings is 4. The summed E-state index contributed by atoms with van der Waals surface area (Å²) in [6.07, 6.45) is 1.15. The molecule has 6 aromatic rings. The second-order valence-corrected chi connectivity index (χ2v) is 12.7. The lowest BCUT2D eigenvalue weighted by molar-refractivity contribution is -0.384. The number of nitrogens with zero attached hydrogens (tertiary/aromatic N) is 4. The maximum absolute atomic E-state index is 12.5. The van der Waals surface area contributed by atoms with Crippen molar-refractivity contribution in [1.29, 1.82) is 0 Å². The van der Waals surface area contributed by atoms with E-state index in [0.717, 1.165) is 32.7 Å². The van der Waals surface area contributed by atoms with E-state index in [1.54, 1.807) is 32.6 Å². The number of para-hydroxylation sites is 2. The van der Waals surface area contributed by atoms with Gasteiger partial charge in [0.05, 0.1) is 15.9 Å². The molecule has 12 heteroatoms. The van der Waals surface area contributed by atoms with Crippen LogP contribution < -0.4 is 9.80 Å². The number of anilines is 2. The van der Waals surface area contributed by atoms with Gasteiger partial charge in [-0.3, -0.25) is 29.8 Å². The summed E-state index contributed by atoms with van der Waals surface area (Å²) < 4.78 is 11.8. The van der Waals surface area contributed by atoms with Gasteiger partial charge in [0.25, 0.3) is 11.4 Å². The molecule has 2 aromatic heterocycles. The predicted molar refractivity (Wildman–Crippen MR) is 183 cm³/mol. The molecule has 2 aliphatic heterocycles. The van der Waals surface area contributed by atoms with Crippen LogP contribution in [0.1, 0.15) is 38.8 Å². The molecule has 2 aliphatic rings. The summed E-state index contributed by atoms with van der Waals surface area (Å²) in [7, 11) is 0. The summed E-state index contributed by atoms with van der Waals surface area (Å²) in [5, 5.41) is 26.6. The summed E-state index contributed by atoms with van der Waals surface area (Å²) in [5.74, 6) is -0.634. The molecule has 12 nitrogen and oxygen atoms in total. The average Bonchev–Trinajstić information content (AvgIpc) is 3.85. The van der Waals surface area contributed by atoms with Crippen LogP contribution in [0.5, 0.6) is 0 Å². The molecular weight excluding hydrogens is 616 g/mol. The number of carbonyl (C=O) groups excluding carboxylic acids is 2. The maximum atomic E-state index is 12.5. The molecular formula is C36H32N4O8. The molecule has 2 amide bonds. The van der Waals surface area contributed by atoms with Gasteiger partial charge < -0.3 is 18.6 Å². The van der Waals surface area contributed by atoms with E-state index in [1.807, 2.05) is 48.5 Å². The van der Waals surface area contributed by atoms with E-state index >= 15 is 0 Å². The Morgan fingerprint density at radius 1 is 0.667 bits per heavy atom. The highest BCUT2D eigenvalue weighted by atomic mass is 16.6. The van der Waals surface area contributed by atoms with E-state index in [1.165, 1.54) is 17.0 Å². The normalized spacial score (nSPS) is 13.9. The Labute approximate surface area is 273 Å². The zero-order valence-electron chi connectivity index (χ0n) is 26.8. The van der Waals surface area contributed by atoms with Gasteiger partial charge in [-0.15, -0.1) is 0 Å². The van der Waals surface area contributed by atoms with Gasteiger partial charge in [-0.05, 0) is 30.5 Å². The third-order valence-corrected chi connectivity index (χ3v) is 9.06. The molecule has 244 valence electrons. The minimum Gasteiger partial charge on any atom is -0.456 e. The Morgan fingerprint density at radius 2 is 1.17 bits per heavy atom. The largest absolute Gasteiger partial charge is 0.456 e. The van der Waals surface area contributed by atoms with E-state index in [0.29, 0.717) is 59.6 Å². The summed E-state index contributed by atoms with van der Waals surface area (Å²) in [6.45, 7) is 8.11. The number of hydrogen-bond donors (Lipinski definition) is 0. The molecule has 0 N–H and O–H groups in total. The first-order chi connectivity index (χ1) is 23.0. The standard InChI is InChI=1S/2C18H16N2O4/c1-10(2)18(21)19-8-7-12-16-11-5-3-4-6-14(11)24-15(16)9-13(17(12)19)20(22)23;1-10(2)18(21)19-8-7-12-16(19)14(20(22)23)9-13-11-5-3-4-6-15(11)24-17(12)13/h2*3-6,9-10H,7-8H2,1-2H3. The van der Waals surface area contributed by atoms with E-state index in [-0.39, 0.29) is 35.0 Å². The summed E-state index contributed by atoms with van der Waals surface area (Å²) >= 11 is 0. The van der Waals surface area contributed by atoms with Crippen molar-refractivity contribution in [2.75, 3.05) is 22.9 Å².